The van der Waals surface area contributed by atoms with Gasteiger partial charge in [-0.05, 0) is 43.4 Å². The molecule has 0 fully saturated rings. The average molecular weight is 319 g/mol. The van der Waals surface area contributed by atoms with Crippen molar-refractivity contribution in [3.05, 3.63) is 36.5 Å². The molecule has 0 radical (unpaired) electrons. The molecular formula is C20H33NO2. The first-order valence-electron chi connectivity index (χ1n) is 8.77. The number of aliphatic hydroxyl groups is 1. The number of aliphatic hydroxyl groups excluding tert-OH is 1. The Balaban J connectivity index is 2.74. The van der Waals surface area contributed by atoms with Crippen LogP contribution in [0.25, 0.3) is 0 Å². The third-order valence-electron chi connectivity index (χ3n) is 4.92. The zero-order valence-corrected chi connectivity index (χ0v) is 14.9. The molecule has 1 aliphatic carbocycles. The van der Waals surface area contributed by atoms with E-state index in [-0.39, 0.29) is 11.3 Å². The largest absolute Gasteiger partial charge is 0.392 e. The van der Waals surface area contributed by atoms with E-state index >= 15 is 0 Å². The molecule has 0 aromatic carbocycles. The lowest BCUT2D eigenvalue weighted by atomic mass is 9.73. The molecule has 0 bridgehead atoms. The third kappa shape index (κ3) is 6.34. The minimum atomic E-state index is -0.686. The van der Waals surface area contributed by atoms with E-state index in [0.29, 0.717) is 6.42 Å². The number of carbonyl (C=O) groups is 1. The molecule has 0 saturated carbocycles. The van der Waals surface area contributed by atoms with E-state index in [1.54, 1.807) is 0 Å². The molecule has 1 amide bonds. The molecule has 3 heteroatoms. The molecule has 0 saturated heterocycles. The second-order valence-corrected chi connectivity index (χ2v) is 7.36. The Hall–Kier alpha value is -1.35. The second-order valence-electron chi connectivity index (χ2n) is 7.36. The van der Waals surface area contributed by atoms with Gasteiger partial charge in [-0.2, -0.15) is 0 Å². The predicted octanol–water partition coefficient (Wildman–Crippen LogP) is 4.13. The maximum absolute atomic E-state index is 12.0. The van der Waals surface area contributed by atoms with E-state index in [0.717, 1.165) is 32.1 Å². The van der Waals surface area contributed by atoms with Crippen molar-refractivity contribution >= 4 is 5.91 Å². The lowest BCUT2D eigenvalue weighted by Gasteiger charge is -2.33. The van der Waals surface area contributed by atoms with Crippen LogP contribution >= 0.6 is 0 Å². The van der Waals surface area contributed by atoms with Crippen molar-refractivity contribution in [3.63, 3.8) is 0 Å². The summed E-state index contributed by atoms with van der Waals surface area (Å²) >= 11 is 0. The van der Waals surface area contributed by atoms with Crippen LogP contribution in [0.5, 0.6) is 0 Å². The molecule has 1 rings (SSSR count). The maximum Gasteiger partial charge on any atom is 0.223 e. The normalized spacial score (nSPS) is 18.9. The molecule has 130 valence electrons. The highest BCUT2D eigenvalue weighted by Crippen LogP contribution is 2.35. The van der Waals surface area contributed by atoms with Gasteiger partial charge in [0.15, 0.2) is 0 Å². The number of allylic oxidation sites excluding steroid dienone is 5. The van der Waals surface area contributed by atoms with E-state index < -0.39 is 17.9 Å². The van der Waals surface area contributed by atoms with Crippen molar-refractivity contribution in [2.45, 2.75) is 65.4 Å². The van der Waals surface area contributed by atoms with Gasteiger partial charge in [0.1, 0.15) is 0 Å². The standard InChI is InChI=1S/C20H33NO2/c1-5-16(14-20(3,4)6-2)18(19(21)23)17(22)13-12-15-10-8-7-9-11-15/h6,8,10-11,16-18,22H,2,5,7,9,12-14H2,1,3-4H3,(H2,21,23)/t16-,17+,18?/m0/s1. The minimum absolute atomic E-state index is 0.0667. The second kappa shape index (κ2) is 9.07. The first kappa shape index (κ1) is 19.7. The summed E-state index contributed by atoms with van der Waals surface area (Å²) in [5, 5.41) is 10.6. The van der Waals surface area contributed by atoms with E-state index in [1.165, 1.54) is 5.57 Å². The van der Waals surface area contributed by atoms with Gasteiger partial charge in [-0.1, -0.05) is 57.1 Å². The SMILES string of the molecule is C=CC(C)(C)C[C@H](CC)C(C(N)=O)[C@H](O)CCC1=CCCC=C1. The molecule has 1 unspecified atom stereocenters. The van der Waals surface area contributed by atoms with Gasteiger partial charge in [-0.15, -0.1) is 6.58 Å². The van der Waals surface area contributed by atoms with Gasteiger partial charge in [0.25, 0.3) is 0 Å². The van der Waals surface area contributed by atoms with Crippen LogP contribution in [0.2, 0.25) is 0 Å². The third-order valence-corrected chi connectivity index (χ3v) is 4.92. The van der Waals surface area contributed by atoms with Crippen LogP contribution in [0.15, 0.2) is 36.5 Å². The Kier molecular flexibility index (Phi) is 7.77. The number of rotatable bonds is 10. The number of amides is 1. The highest BCUT2D eigenvalue weighted by Gasteiger charge is 2.34. The molecule has 3 atom stereocenters. The zero-order chi connectivity index (χ0) is 17.5. The summed E-state index contributed by atoms with van der Waals surface area (Å²) < 4.78 is 0. The molecule has 3 nitrogen and oxygen atoms in total. The quantitative estimate of drug-likeness (QED) is 0.595. The number of hydrogen-bond acceptors (Lipinski definition) is 2. The maximum atomic E-state index is 12.0. The fourth-order valence-corrected chi connectivity index (χ4v) is 3.37. The molecule has 0 aromatic heterocycles. The molecule has 1 aliphatic rings. The monoisotopic (exact) mass is 319 g/mol. The highest BCUT2D eigenvalue weighted by molar-refractivity contribution is 5.77. The molecule has 0 heterocycles. The molecule has 0 aliphatic heterocycles. The number of primary amides is 1. The lowest BCUT2D eigenvalue weighted by Crippen LogP contribution is -2.40. The van der Waals surface area contributed by atoms with E-state index in [4.69, 9.17) is 5.73 Å². The Morgan fingerprint density at radius 1 is 1.48 bits per heavy atom. The molecule has 3 N–H and O–H groups in total. The number of carbonyl (C=O) groups excluding carboxylic acids is 1. The van der Waals surface area contributed by atoms with Crippen LogP contribution in [-0.2, 0) is 4.79 Å². The minimum Gasteiger partial charge on any atom is -0.392 e. The predicted molar refractivity (Wildman–Crippen MR) is 96.8 cm³/mol. The fourth-order valence-electron chi connectivity index (χ4n) is 3.37. The van der Waals surface area contributed by atoms with Crippen molar-refractivity contribution in [2.24, 2.45) is 23.0 Å². The van der Waals surface area contributed by atoms with Crippen LogP contribution in [0.3, 0.4) is 0 Å². The summed E-state index contributed by atoms with van der Waals surface area (Å²) in [5.41, 5.74) is 6.81. The van der Waals surface area contributed by atoms with Crippen molar-refractivity contribution in [1.82, 2.24) is 0 Å². The number of hydrogen-bond donors (Lipinski definition) is 2. The smallest absolute Gasteiger partial charge is 0.223 e. The van der Waals surface area contributed by atoms with Crippen LogP contribution in [-0.4, -0.2) is 17.1 Å². The van der Waals surface area contributed by atoms with Gasteiger partial charge in [0.2, 0.25) is 5.91 Å². The van der Waals surface area contributed by atoms with Crippen LogP contribution in [0, 0.1) is 17.3 Å². The summed E-state index contributed by atoms with van der Waals surface area (Å²) in [6.07, 6.45) is 12.9. The van der Waals surface area contributed by atoms with Gasteiger partial charge < -0.3 is 10.8 Å². The fraction of sp³-hybridized carbons (Fsp3) is 0.650. The van der Waals surface area contributed by atoms with Crippen LogP contribution < -0.4 is 5.73 Å². The molecule has 0 aromatic rings. The summed E-state index contributed by atoms with van der Waals surface area (Å²) in [6, 6.07) is 0. The average Bonchev–Trinajstić information content (AvgIpc) is 2.52. The molecule has 23 heavy (non-hydrogen) atoms. The highest BCUT2D eigenvalue weighted by atomic mass is 16.3. The van der Waals surface area contributed by atoms with Crippen molar-refractivity contribution in [3.8, 4) is 0 Å². The summed E-state index contributed by atoms with van der Waals surface area (Å²) in [4.78, 5) is 12.0. The zero-order valence-electron chi connectivity index (χ0n) is 14.9. The molecule has 0 spiro atoms. The van der Waals surface area contributed by atoms with Gasteiger partial charge in [-0.25, -0.2) is 0 Å². The van der Waals surface area contributed by atoms with E-state index in [9.17, 15) is 9.90 Å². The van der Waals surface area contributed by atoms with Gasteiger partial charge in [0.05, 0.1) is 12.0 Å². The van der Waals surface area contributed by atoms with Crippen molar-refractivity contribution < 1.29 is 9.90 Å². The van der Waals surface area contributed by atoms with Gasteiger partial charge in [-0.3, -0.25) is 4.79 Å². The Bertz CT molecular complexity index is 462. The van der Waals surface area contributed by atoms with E-state index in [1.807, 2.05) is 6.08 Å². The molecular weight excluding hydrogens is 286 g/mol. The van der Waals surface area contributed by atoms with Gasteiger partial charge in [0, 0.05) is 0 Å². The van der Waals surface area contributed by atoms with Crippen molar-refractivity contribution in [2.75, 3.05) is 0 Å². The first-order valence-corrected chi connectivity index (χ1v) is 8.77. The Labute approximate surface area is 141 Å². The van der Waals surface area contributed by atoms with Crippen molar-refractivity contribution in [1.29, 1.82) is 0 Å². The summed E-state index contributed by atoms with van der Waals surface area (Å²) in [5.74, 6) is -0.809. The lowest BCUT2D eigenvalue weighted by molar-refractivity contribution is -0.128. The summed E-state index contributed by atoms with van der Waals surface area (Å²) in [6.45, 7) is 10.1. The number of nitrogens with two attached hydrogens (primary N) is 1. The van der Waals surface area contributed by atoms with Crippen LogP contribution in [0.4, 0.5) is 0 Å². The Morgan fingerprint density at radius 3 is 2.65 bits per heavy atom. The summed E-state index contributed by atoms with van der Waals surface area (Å²) in [7, 11) is 0. The topological polar surface area (TPSA) is 63.3 Å². The van der Waals surface area contributed by atoms with Gasteiger partial charge >= 0.3 is 0 Å². The van der Waals surface area contributed by atoms with Crippen LogP contribution in [0.1, 0.15) is 59.3 Å². The van der Waals surface area contributed by atoms with E-state index in [2.05, 4.69) is 45.6 Å². The first-order chi connectivity index (χ1) is 10.8. The Morgan fingerprint density at radius 2 is 2.17 bits per heavy atom.